The molecule has 0 bridgehead atoms. The van der Waals surface area contributed by atoms with Gasteiger partial charge in [-0.25, -0.2) is 9.59 Å². The summed E-state index contributed by atoms with van der Waals surface area (Å²) in [5.74, 6) is -3.69. The molecule has 1 unspecified atom stereocenters. The van der Waals surface area contributed by atoms with Gasteiger partial charge in [-0.05, 0) is 45.7 Å². The second kappa shape index (κ2) is 7.93. The Morgan fingerprint density at radius 1 is 1.10 bits per heavy atom. The Kier molecular flexibility index (Phi) is 6.15. The number of aliphatic carboxylic acids is 1. The molecule has 0 saturated carbocycles. The number of nitrogens with one attached hydrogen (secondary N) is 1. The third kappa shape index (κ3) is 4.63. The second-order valence-corrected chi connectivity index (χ2v) is 7.53. The Labute approximate surface area is 167 Å². The molecule has 29 heavy (non-hydrogen) atoms. The van der Waals surface area contributed by atoms with E-state index in [0.717, 1.165) is 6.07 Å². The van der Waals surface area contributed by atoms with Crippen LogP contribution in [0.5, 0.6) is 0 Å². The molecule has 1 aromatic rings. The highest BCUT2D eigenvalue weighted by Crippen LogP contribution is 2.44. The van der Waals surface area contributed by atoms with Crippen molar-refractivity contribution in [3.63, 3.8) is 0 Å². The maximum Gasteiger partial charge on any atom is 0.416 e. The molecule has 0 saturated heterocycles. The van der Waals surface area contributed by atoms with Gasteiger partial charge in [0.1, 0.15) is 5.60 Å². The van der Waals surface area contributed by atoms with Crippen molar-refractivity contribution in [1.82, 2.24) is 5.32 Å². The molecule has 1 aromatic carbocycles. The minimum atomic E-state index is -4.72. The molecular weight excluding hydrogens is 387 g/mol. The lowest BCUT2D eigenvalue weighted by Crippen LogP contribution is -2.36. The largest absolute Gasteiger partial charge is 0.478 e. The van der Waals surface area contributed by atoms with E-state index in [1.165, 1.54) is 32.0 Å². The van der Waals surface area contributed by atoms with E-state index in [2.05, 4.69) is 5.32 Å². The van der Waals surface area contributed by atoms with Gasteiger partial charge in [-0.15, -0.1) is 0 Å². The summed E-state index contributed by atoms with van der Waals surface area (Å²) in [4.78, 5) is 25.0. The van der Waals surface area contributed by atoms with Gasteiger partial charge in [0, 0.05) is 11.4 Å². The lowest BCUT2D eigenvalue weighted by molar-refractivity contribution is -0.152. The van der Waals surface area contributed by atoms with E-state index in [9.17, 15) is 27.9 Å². The van der Waals surface area contributed by atoms with Crippen LogP contribution in [-0.2, 0) is 20.5 Å². The first-order valence-corrected chi connectivity index (χ1v) is 9.11. The van der Waals surface area contributed by atoms with E-state index < -0.39 is 35.2 Å². The molecule has 5 nitrogen and oxygen atoms in total. The fourth-order valence-electron chi connectivity index (χ4n) is 3.24. The molecule has 2 N–H and O–H groups in total. The predicted octanol–water partition coefficient (Wildman–Crippen LogP) is 4.76. The van der Waals surface area contributed by atoms with Crippen LogP contribution in [0.3, 0.4) is 0 Å². The quantitative estimate of drug-likeness (QED) is 0.684. The maximum atomic E-state index is 13.7. The van der Waals surface area contributed by atoms with Crippen LogP contribution < -0.4 is 5.32 Å². The topological polar surface area (TPSA) is 75.6 Å². The Morgan fingerprint density at radius 2 is 1.66 bits per heavy atom. The molecule has 0 aliphatic carbocycles. The van der Waals surface area contributed by atoms with Gasteiger partial charge in [-0.3, -0.25) is 0 Å². The number of carbonyl (C=O) groups is 2. The third-order valence-electron chi connectivity index (χ3n) is 5.01. The Morgan fingerprint density at radius 3 is 2.17 bits per heavy atom. The third-order valence-corrected chi connectivity index (χ3v) is 5.01. The van der Waals surface area contributed by atoms with Crippen LogP contribution in [0.25, 0.3) is 0 Å². The summed E-state index contributed by atoms with van der Waals surface area (Å²) in [6, 6.07) is 4.68. The SMILES string of the molecule is CCC(C)(C)OC(=O)C1=C(C)NC(C)=C(C(=O)O)C1c1ccccc1C(F)(F)F. The van der Waals surface area contributed by atoms with Crippen molar-refractivity contribution in [1.29, 1.82) is 0 Å². The van der Waals surface area contributed by atoms with Gasteiger partial charge < -0.3 is 15.2 Å². The van der Waals surface area contributed by atoms with Crippen molar-refractivity contribution in [3.05, 3.63) is 57.9 Å². The number of carboxylic acid groups (broad SMARTS) is 1. The normalized spacial score (nSPS) is 17.9. The molecule has 1 heterocycles. The van der Waals surface area contributed by atoms with Crippen molar-refractivity contribution >= 4 is 11.9 Å². The number of hydrogen-bond donors (Lipinski definition) is 2. The van der Waals surface area contributed by atoms with Crippen molar-refractivity contribution in [2.24, 2.45) is 0 Å². The van der Waals surface area contributed by atoms with Crippen LogP contribution >= 0.6 is 0 Å². The van der Waals surface area contributed by atoms with Crippen LogP contribution in [0.1, 0.15) is 58.1 Å². The molecule has 0 amide bonds. The number of alkyl halides is 3. The molecule has 0 fully saturated rings. The predicted molar refractivity (Wildman–Crippen MR) is 101 cm³/mol. The molecule has 0 aromatic heterocycles. The van der Waals surface area contributed by atoms with E-state index in [1.54, 1.807) is 20.8 Å². The summed E-state index contributed by atoms with van der Waals surface area (Å²) < 4.78 is 46.5. The summed E-state index contributed by atoms with van der Waals surface area (Å²) in [6.07, 6.45) is -4.24. The fraction of sp³-hybridized carbons (Fsp3) is 0.429. The Bertz CT molecular complexity index is 897. The van der Waals surface area contributed by atoms with E-state index >= 15 is 0 Å². The molecule has 0 spiro atoms. The highest BCUT2D eigenvalue weighted by atomic mass is 19.4. The van der Waals surface area contributed by atoms with Crippen LogP contribution in [0, 0.1) is 0 Å². The number of ether oxygens (including phenoxy) is 1. The fourth-order valence-corrected chi connectivity index (χ4v) is 3.24. The first-order valence-electron chi connectivity index (χ1n) is 9.11. The summed E-state index contributed by atoms with van der Waals surface area (Å²) in [5.41, 5.74) is -2.21. The van der Waals surface area contributed by atoms with Gasteiger partial charge >= 0.3 is 18.1 Å². The Hall–Kier alpha value is -2.77. The van der Waals surface area contributed by atoms with Crippen molar-refractivity contribution < 1.29 is 32.6 Å². The van der Waals surface area contributed by atoms with Gasteiger partial charge in [0.15, 0.2) is 0 Å². The van der Waals surface area contributed by atoms with E-state index in [-0.39, 0.29) is 28.1 Å². The Balaban J connectivity index is 2.75. The summed E-state index contributed by atoms with van der Waals surface area (Å²) in [5, 5.41) is 12.5. The maximum absolute atomic E-state index is 13.7. The van der Waals surface area contributed by atoms with Gasteiger partial charge in [0.25, 0.3) is 0 Å². The van der Waals surface area contributed by atoms with Crippen molar-refractivity contribution in [2.75, 3.05) is 0 Å². The van der Waals surface area contributed by atoms with Gasteiger partial charge in [0.05, 0.1) is 22.6 Å². The first-order chi connectivity index (χ1) is 13.3. The number of allylic oxidation sites excluding steroid dienone is 2. The standard InChI is InChI=1S/C21H24F3NO4/c1-6-20(4,5)29-19(28)16-12(3)25-11(2)15(18(26)27)17(16)13-9-7-8-10-14(13)21(22,23)24/h7-10,17,25H,6H2,1-5H3,(H,26,27). The second-order valence-electron chi connectivity index (χ2n) is 7.53. The minimum absolute atomic E-state index is 0.147. The van der Waals surface area contributed by atoms with Crippen LogP contribution in [0.15, 0.2) is 46.8 Å². The number of carboxylic acids is 1. The highest BCUT2D eigenvalue weighted by Gasteiger charge is 2.43. The molecule has 8 heteroatoms. The van der Waals surface area contributed by atoms with Crippen molar-refractivity contribution in [2.45, 2.75) is 58.7 Å². The summed E-state index contributed by atoms with van der Waals surface area (Å²) >= 11 is 0. The molecule has 1 aliphatic rings. The number of dihydropyridines is 1. The van der Waals surface area contributed by atoms with Gasteiger partial charge in [-0.1, -0.05) is 25.1 Å². The lowest BCUT2D eigenvalue weighted by Gasteiger charge is -2.33. The number of carbonyl (C=O) groups excluding carboxylic acids is 1. The van der Waals surface area contributed by atoms with E-state index in [1.807, 2.05) is 0 Å². The van der Waals surface area contributed by atoms with E-state index in [4.69, 9.17) is 4.74 Å². The molecular formula is C21H24F3NO4. The van der Waals surface area contributed by atoms with Crippen LogP contribution in [0.2, 0.25) is 0 Å². The lowest BCUT2D eigenvalue weighted by atomic mass is 9.78. The van der Waals surface area contributed by atoms with Gasteiger partial charge in [0.2, 0.25) is 0 Å². The molecule has 2 rings (SSSR count). The average molecular weight is 411 g/mol. The van der Waals surface area contributed by atoms with Crippen LogP contribution in [-0.4, -0.2) is 22.6 Å². The van der Waals surface area contributed by atoms with Crippen molar-refractivity contribution in [3.8, 4) is 0 Å². The monoisotopic (exact) mass is 411 g/mol. The first kappa shape index (κ1) is 22.5. The minimum Gasteiger partial charge on any atom is -0.478 e. The number of rotatable bonds is 5. The smallest absolute Gasteiger partial charge is 0.416 e. The molecule has 1 aliphatic heterocycles. The summed E-state index contributed by atoms with van der Waals surface area (Å²) in [7, 11) is 0. The highest BCUT2D eigenvalue weighted by molar-refractivity contribution is 5.99. The zero-order valence-electron chi connectivity index (χ0n) is 16.9. The molecule has 1 atom stereocenters. The molecule has 0 radical (unpaired) electrons. The number of esters is 1. The van der Waals surface area contributed by atoms with E-state index in [0.29, 0.717) is 6.42 Å². The zero-order valence-corrected chi connectivity index (χ0v) is 16.9. The summed E-state index contributed by atoms with van der Waals surface area (Å²) in [6.45, 7) is 8.12. The number of hydrogen-bond acceptors (Lipinski definition) is 4. The average Bonchev–Trinajstić information content (AvgIpc) is 2.59. The van der Waals surface area contributed by atoms with Crippen LogP contribution in [0.4, 0.5) is 13.2 Å². The zero-order chi connectivity index (χ0) is 22.1. The number of halogens is 3. The molecule has 158 valence electrons. The number of benzene rings is 1. The van der Waals surface area contributed by atoms with Gasteiger partial charge in [-0.2, -0.15) is 13.2 Å².